The van der Waals surface area contributed by atoms with Gasteiger partial charge in [0.25, 0.3) is 0 Å². The minimum absolute atomic E-state index is 0.0686. The van der Waals surface area contributed by atoms with E-state index in [0.717, 1.165) is 11.3 Å². The van der Waals surface area contributed by atoms with Crippen molar-refractivity contribution in [2.75, 3.05) is 18.1 Å². The summed E-state index contributed by atoms with van der Waals surface area (Å²) in [5.41, 5.74) is 2.01. The van der Waals surface area contributed by atoms with Gasteiger partial charge in [-0.3, -0.25) is 4.79 Å². The Bertz CT molecular complexity index is 350. The zero-order valence-corrected chi connectivity index (χ0v) is 9.90. The van der Waals surface area contributed by atoms with E-state index in [0.29, 0.717) is 19.4 Å². The molecule has 1 rings (SSSR count). The number of carbonyl (C=O) groups excluding carboxylic acids is 1. The molecule has 3 heteroatoms. The summed E-state index contributed by atoms with van der Waals surface area (Å²) < 4.78 is 0. The fourth-order valence-electron chi connectivity index (χ4n) is 1.61. The molecule has 0 atom stereocenters. The molecule has 0 aromatic heterocycles. The molecule has 3 nitrogen and oxygen atoms in total. The predicted octanol–water partition coefficient (Wildman–Crippen LogP) is 2.56. The van der Waals surface area contributed by atoms with Crippen LogP contribution in [-0.2, 0) is 9.90 Å². The van der Waals surface area contributed by atoms with Crippen LogP contribution in [0, 0.1) is 6.92 Å². The lowest BCUT2D eigenvalue weighted by atomic mass is 10.2. The highest BCUT2D eigenvalue weighted by molar-refractivity contribution is 5.93. The fraction of sp³-hybridized carbons (Fsp3) is 0.462. The molecule has 1 aromatic rings. The molecule has 0 fully saturated rings. The smallest absolute Gasteiger partial charge is 0.226 e. The molecule has 0 N–H and O–H groups in total. The molecule has 87 valence electrons. The highest BCUT2D eigenvalue weighted by Gasteiger charge is 2.13. The van der Waals surface area contributed by atoms with Crippen LogP contribution in [0.3, 0.4) is 0 Å². The van der Waals surface area contributed by atoms with Crippen molar-refractivity contribution < 1.29 is 9.90 Å². The Kier molecular flexibility index (Phi) is 4.99. The summed E-state index contributed by atoms with van der Waals surface area (Å²) in [7, 11) is 0. The maximum atomic E-state index is 11.8. The van der Waals surface area contributed by atoms with Crippen molar-refractivity contribution in [2.45, 2.75) is 26.7 Å². The first-order chi connectivity index (χ1) is 7.69. The Balaban J connectivity index is 2.87. The Morgan fingerprint density at radius 2 is 2.12 bits per heavy atom. The molecule has 0 unspecified atom stereocenters. The summed E-state index contributed by atoms with van der Waals surface area (Å²) in [6.07, 6.45) is 0.965. The SMILES string of the molecule is CCC(=O)N(CCC[O])c1cccc(C)c1. The van der Waals surface area contributed by atoms with Gasteiger partial charge in [0.05, 0.1) is 6.61 Å². The quantitative estimate of drug-likeness (QED) is 0.751. The normalized spacial score (nSPS) is 10.2. The molecule has 1 amide bonds. The van der Waals surface area contributed by atoms with Crippen LogP contribution < -0.4 is 4.90 Å². The van der Waals surface area contributed by atoms with Crippen LogP contribution in [0.2, 0.25) is 0 Å². The molecular formula is C13H18NO2. The minimum atomic E-state index is -0.140. The van der Waals surface area contributed by atoms with E-state index in [1.807, 2.05) is 38.1 Å². The topological polar surface area (TPSA) is 40.2 Å². The van der Waals surface area contributed by atoms with Crippen molar-refractivity contribution in [3.8, 4) is 0 Å². The van der Waals surface area contributed by atoms with E-state index in [9.17, 15) is 9.90 Å². The number of rotatable bonds is 5. The van der Waals surface area contributed by atoms with Crippen LogP contribution in [0.15, 0.2) is 24.3 Å². The third kappa shape index (κ3) is 3.35. The van der Waals surface area contributed by atoms with E-state index in [1.54, 1.807) is 4.90 Å². The molecule has 1 aromatic carbocycles. The van der Waals surface area contributed by atoms with Crippen LogP contribution in [0.1, 0.15) is 25.3 Å². The zero-order valence-electron chi connectivity index (χ0n) is 9.90. The lowest BCUT2D eigenvalue weighted by Crippen LogP contribution is -2.31. The molecule has 0 aliphatic rings. The van der Waals surface area contributed by atoms with E-state index < -0.39 is 0 Å². The highest BCUT2D eigenvalue weighted by Crippen LogP contribution is 2.17. The van der Waals surface area contributed by atoms with Crippen LogP contribution in [0.4, 0.5) is 5.69 Å². The van der Waals surface area contributed by atoms with Crippen molar-refractivity contribution in [1.29, 1.82) is 0 Å². The van der Waals surface area contributed by atoms with Gasteiger partial charge >= 0.3 is 0 Å². The molecule has 0 saturated heterocycles. The number of hydrogen-bond acceptors (Lipinski definition) is 1. The first-order valence-corrected chi connectivity index (χ1v) is 5.64. The first kappa shape index (κ1) is 12.7. The Morgan fingerprint density at radius 3 is 2.69 bits per heavy atom. The molecule has 1 radical (unpaired) electrons. The number of aryl methyl sites for hydroxylation is 1. The fourth-order valence-corrected chi connectivity index (χ4v) is 1.61. The van der Waals surface area contributed by atoms with Crippen LogP contribution in [0.5, 0.6) is 0 Å². The monoisotopic (exact) mass is 220 g/mol. The van der Waals surface area contributed by atoms with Crippen LogP contribution in [-0.4, -0.2) is 19.1 Å². The van der Waals surface area contributed by atoms with Gasteiger partial charge in [-0.15, -0.1) is 0 Å². The lowest BCUT2D eigenvalue weighted by Gasteiger charge is -2.22. The maximum Gasteiger partial charge on any atom is 0.226 e. The summed E-state index contributed by atoms with van der Waals surface area (Å²) in [6.45, 7) is 4.20. The van der Waals surface area contributed by atoms with Gasteiger partial charge in [-0.2, -0.15) is 0 Å². The molecule has 16 heavy (non-hydrogen) atoms. The zero-order chi connectivity index (χ0) is 12.0. The van der Waals surface area contributed by atoms with Crippen molar-refractivity contribution in [2.24, 2.45) is 0 Å². The van der Waals surface area contributed by atoms with Crippen molar-refractivity contribution in [1.82, 2.24) is 0 Å². The average molecular weight is 220 g/mol. The number of nitrogens with zero attached hydrogens (tertiary/aromatic N) is 1. The lowest BCUT2D eigenvalue weighted by molar-refractivity contribution is -0.118. The number of amides is 1. The van der Waals surface area contributed by atoms with E-state index in [2.05, 4.69) is 0 Å². The molecule has 0 spiro atoms. The molecule has 0 saturated carbocycles. The standard InChI is InChI=1S/C13H18NO2/c1-3-13(16)14(8-5-9-15)12-7-4-6-11(2)10-12/h4,6-7,10H,3,5,8-9H2,1-2H3. The number of benzene rings is 1. The Morgan fingerprint density at radius 1 is 1.38 bits per heavy atom. The molecule has 0 heterocycles. The molecular weight excluding hydrogens is 202 g/mol. The van der Waals surface area contributed by atoms with Gasteiger partial charge in [-0.1, -0.05) is 19.1 Å². The van der Waals surface area contributed by atoms with Crippen LogP contribution in [0.25, 0.3) is 0 Å². The van der Waals surface area contributed by atoms with Crippen molar-refractivity contribution in [3.63, 3.8) is 0 Å². The highest BCUT2D eigenvalue weighted by atomic mass is 16.3. The summed E-state index contributed by atoms with van der Waals surface area (Å²) in [5.74, 6) is 0.0686. The number of hydrogen-bond donors (Lipinski definition) is 0. The minimum Gasteiger partial charge on any atom is -0.312 e. The predicted molar refractivity (Wildman–Crippen MR) is 64.0 cm³/mol. The molecule has 0 aliphatic carbocycles. The molecule has 0 aliphatic heterocycles. The van der Waals surface area contributed by atoms with E-state index >= 15 is 0 Å². The van der Waals surface area contributed by atoms with Crippen LogP contribution >= 0.6 is 0 Å². The van der Waals surface area contributed by atoms with Crippen molar-refractivity contribution in [3.05, 3.63) is 29.8 Å². The third-order valence-electron chi connectivity index (χ3n) is 2.44. The van der Waals surface area contributed by atoms with Gasteiger partial charge in [-0.25, -0.2) is 5.11 Å². The van der Waals surface area contributed by atoms with Gasteiger partial charge in [0.2, 0.25) is 5.91 Å². The third-order valence-corrected chi connectivity index (χ3v) is 2.44. The van der Waals surface area contributed by atoms with Gasteiger partial charge in [-0.05, 0) is 31.0 Å². The first-order valence-electron chi connectivity index (χ1n) is 5.64. The van der Waals surface area contributed by atoms with Crippen molar-refractivity contribution >= 4 is 11.6 Å². The summed E-state index contributed by atoms with van der Waals surface area (Å²) in [5, 5.41) is 10.5. The molecule has 0 bridgehead atoms. The number of carbonyl (C=O) groups is 1. The Hall–Kier alpha value is -1.35. The second-order valence-corrected chi connectivity index (χ2v) is 3.80. The number of anilines is 1. The van der Waals surface area contributed by atoms with E-state index in [4.69, 9.17) is 0 Å². The maximum absolute atomic E-state index is 11.8. The summed E-state index contributed by atoms with van der Waals surface area (Å²) in [4.78, 5) is 13.5. The summed E-state index contributed by atoms with van der Waals surface area (Å²) in [6, 6.07) is 7.80. The second-order valence-electron chi connectivity index (χ2n) is 3.80. The van der Waals surface area contributed by atoms with Gasteiger partial charge in [0.1, 0.15) is 0 Å². The van der Waals surface area contributed by atoms with E-state index in [-0.39, 0.29) is 12.5 Å². The Labute approximate surface area is 96.7 Å². The largest absolute Gasteiger partial charge is 0.312 e. The van der Waals surface area contributed by atoms with E-state index in [1.165, 1.54) is 0 Å². The summed E-state index contributed by atoms with van der Waals surface area (Å²) >= 11 is 0. The van der Waals surface area contributed by atoms with Gasteiger partial charge in [0, 0.05) is 18.7 Å². The second kappa shape index (κ2) is 6.28. The van der Waals surface area contributed by atoms with Gasteiger partial charge < -0.3 is 4.90 Å². The average Bonchev–Trinajstić information content (AvgIpc) is 2.29. The van der Waals surface area contributed by atoms with Gasteiger partial charge in [0.15, 0.2) is 0 Å².